The zero-order valence-corrected chi connectivity index (χ0v) is 12.7. The Morgan fingerprint density at radius 1 is 1.39 bits per heavy atom. The van der Waals surface area contributed by atoms with Crippen molar-refractivity contribution in [3.63, 3.8) is 0 Å². The second-order valence-corrected chi connectivity index (χ2v) is 6.12. The van der Waals surface area contributed by atoms with E-state index in [1.54, 1.807) is 0 Å². The van der Waals surface area contributed by atoms with Crippen molar-refractivity contribution in [1.82, 2.24) is 10.2 Å². The fraction of sp³-hybridized carbons (Fsp3) is 0.500. The number of carboxylic acids is 1. The van der Waals surface area contributed by atoms with Crippen molar-refractivity contribution < 1.29 is 24.5 Å². The number of nitrogens with zero attached hydrogens (tertiary/aromatic N) is 1. The van der Waals surface area contributed by atoms with Crippen LogP contribution in [-0.2, 0) is 16.1 Å². The number of amides is 1. The molecule has 0 aliphatic carbocycles. The summed E-state index contributed by atoms with van der Waals surface area (Å²) in [5.41, 5.74) is 0.0311. The molecule has 0 bridgehead atoms. The Hall–Kier alpha value is -2.12. The zero-order valence-electron chi connectivity index (χ0n) is 12.7. The highest BCUT2D eigenvalue weighted by molar-refractivity contribution is 5.92. The van der Waals surface area contributed by atoms with Crippen molar-refractivity contribution in [3.8, 4) is 5.75 Å². The van der Waals surface area contributed by atoms with Crippen LogP contribution in [-0.4, -0.2) is 59.8 Å². The van der Waals surface area contributed by atoms with Gasteiger partial charge in [-0.05, 0) is 17.7 Å². The molecule has 2 atom stereocenters. The van der Waals surface area contributed by atoms with Crippen LogP contribution in [0.5, 0.6) is 5.75 Å². The maximum absolute atomic E-state index is 11.9. The number of fused-ring (bicyclic) bond motifs is 1. The Labute approximate surface area is 133 Å². The maximum atomic E-state index is 11.9. The SMILES string of the molecule is O=C1NC[C@@]2(C(=O)O)CN(Cc3ccc(OCCO)cc3)C[C@@H]12. The third kappa shape index (κ3) is 2.89. The van der Waals surface area contributed by atoms with Crippen LogP contribution in [0, 0.1) is 11.3 Å². The van der Waals surface area contributed by atoms with Gasteiger partial charge in [-0.1, -0.05) is 12.1 Å². The van der Waals surface area contributed by atoms with E-state index in [1.807, 2.05) is 29.2 Å². The molecule has 0 unspecified atom stereocenters. The van der Waals surface area contributed by atoms with E-state index in [0.29, 0.717) is 25.4 Å². The summed E-state index contributed by atoms with van der Waals surface area (Å²) < 4.78 is 5.31. The Bertz CT molecular complexity index is 603. The zero-order chi connectivity index (χ0) is 16.4. The second kappa shape index (κ2) is 6.17. The van der Waals surface area contributed by atoms with Gasteiger partial charge in [-0.25, -0.2) is 0 Å². The van der Waals surface area contributed by atoms with Gasteiger partial charge in [0.15, 0.2) is 0 Å². The first kappa shape index (κ1) is 15.8. The van der Waals surface area contributed by atoms with Gasteiger partial charge in [-0.3, -0.25) is 14.5 Å². The molecule has 0 aromatic heterocycles. The fourth-order valence-electron chi connectivity index (χ4n) is 3.41. The summed E-state index contributed by atoms with van der Waals surface area (Å²) in [6.45, 7) is 1.85. The molecule has 1 aromatic rings. The number of likely N-dealkylation sites (tertiary alicyclic amines) is 1. The van der Waals surface area contributed by atoms with Crippen LogP contribution in [0.15, 0.2) is 24.3 Å². The van der Waals surface area contributed by atoms with Gasteiger partial charge in [0, 0.05) is 26.2 Å². The highest BCUT2D eigenvalue weighted by Crippen LogP contribution is 2.40. The predicted molar refractivity (Wildman–Crippen MR) is 80.9 cm³/mol. The summed E-state index contributed by atoms with van der Waals surface area (Å²) in [6, 6.07) is 7.46. The molecular formula is C16H20N2O5. The maximum Gasteiger partial charge on any atom is 0.313 e. The molecule has 0 saturated carbocycles. The average molecular weight is 320 g/mol. The van der Waals surface area contributed by atoms with E-state index in [4.69, 9.17) is 9.84 Å². The van der Waals surface area contributed by atoms with E-state index in [2.05, 4.69) is 5.32 Å². The van der Waals surface area contributed by atoms with Crippen molar-refractivity contribution in [2.45, 2.75) is 6.54 Å². The van der Waals surface area contributed by atoms with Gasteiger partial charge in [0.05, 0.1) is 12.5 Å². The molecule has 7 nitrogen and oxygen atoms in total. The van der Waals surface area contributed by atoms with E-state index in [-0.39, 0.29) is 25.7 Å². The van der Waals surface area contributed by atoms with Crippen molar-refractivity contribution in [3.05, 3.63) is 29.8 Å². The topological polar surface area (TPSA) is 99.1 Å². The average Bonchev–Trinajstić information content (AvgIpc) is 3.05. The summed E-state index contributed by atoms with van der Waals surface area (Å²) in [7, 11) is 0. The van der Waals surface area contributed by atoms with E-state index >= 15 is 0 Å². The number of hydrogen-bond acceptors (Lipinski definition) is 5. The number of ether oxygens (including phenoxy) is 1. The molecule has 1 aromatic carbocycles. The third-order valence-corrected chi connectivity index (χ3v) is 4.62. The van der Waals surface area contributed by atoms with Gasteiger partial charge in [-0.2, -0.15) is 0 Å². The minimum absolute atomic E-state index is 0.0315. The lowest BCUT2D eigenvalue weighted by atomic mass is 9.81. The number of nitrogens with one attached hydrogen (secondary N) is 1. The molecule has 2 aliphatic rings. The summed E-state index contributed by atoms with van der Waals surface area (Å²) in [4.78, 5) is 25.5. The summed E-state index contributed by atoms with van der Waals surface area (Å²) in [5, 5.41) is 20.9. The van der Waals surface area contributed by atoms with Crippen LogP contribution in [0.3, 0.4) is 0 Å². The quantitative estimate of drug-likeness (QED) is 0.665. The van der Waals surface area contributed by atoms with Gasteiger partial charge >= 0.3 is 5.97 Å². The number of rotatable bonds is 6. The number of carboxylic acid groups (broad SMARTS) is 1. The monoisotopic (exact) mass is 320 g/mol. The van der Waals surface area contributed by atoms with Gasteiger partial charge in [-0.15, -0.1) is 0 Å². The van der Waals surface area contributed by atoms with Crippen molar-refractivity contribution >= 4 is 11.9 Å². The standard InChI is InChI=1S/C16H20N2O5/c19-5-6-23-12-3-1-11(2-4-12)7-18-8-13-14(20)17-9-16(13,10-18)15(21)22/h1-4,13,19H,5-10H2,(H,17,20)(H,21,22)/t13-,16+/m0/s1. The Morgan fingerprint density at radius 2 is 2.13 bits per heavy atom. The fourth-order valence-corrected chi connectivity index (χ4v) is 3.41. The van der Waals surface area contributed by atoms with E-state index in [1.165, 1.54) is 0 Å². The number of carbonyl (C=O) groups excluding carboxylic acids is 1. The first-order valence-corrected chi connectivity index (χ1v) is 7.61. The lowest BCUT2D eigenvalue weighted by Gasteiger charge is -2.22. The minimum atomic E-state index is -0.999. The Kier molecular flexibility index (Phi) is 4.23. The lowest BCUT2D eigenvalue weighted by Crippen LogP contribution is -2.40. The molecule has 0 spiro atoms. The molecule has 7 heteroatoms. The number of carbonyl (C=O) groups is 2. The normalized spacial score (nSPS) is 26.8. The summed E-state index contributed by atoms with van der Waals surface area (Å²) in [6.07, 6.45) is 0. The molecule has 2 heterocycles. The number of aliphatic hydroxyl groups excluding tert-OH is 1. The number of aliphatic hydroxyl groups is 1. The van der Waals surface area contributed by atoms with Crippen molar-refractivity contribution in [2.75, 3.05) is 32.8 Å². The molecule has 3 rings (SSSR count). The molecule has 124 valence electrons. The van der Waals surface area contributed by atoms with Gasteiger partial charge in [0.25, 0.3) is 0 Å². The Morgan fingerprint density at radius 3 is 2.74 bits per heavy atom. The van der Waals surface area contributed by atoms with Crippen molar-refractivity contribution in [2.24, 2.45) is 11.3 Å². The number of aliphatic carboxylic acids is 1. The summed E-state index contributed by atoms with van der Waals surface area (Å²) >= 11 is 0. The van der Waals surface area contributed by atoms with Crippen LogP contribution >= 0.6 is 0 Å². The van der Waals surface area contributed by atoms with Crippen LogP contribution in [0.25, 0.3) is 0 Å². The van der Waals surface area contributed by atoms with Gasteiger partial charge in [0.1, 0.15) is 17.8 Å². The first-order valence-electron chi connectivity index (χ1n) is 7.61. The van der Waals surface area contributed by atoms with E-state index in [9.17, 15) is 14.7 Å². The lowest BCUT2D eigenvalue weighted by molar-refractivity contribution is -0.149. The first-order chi connectivity index (χ1) is 11.0. The number of hydrogen-bond donors (Lipinski definition) is 3. The molecule has 2 saturated heterocycles. The van der Waals surface area contributed by atoms with Crippen LogP contribution in [0.1, 0.15) is 5.56 Å². The highest BCUT2D eigenvalue weighted by atomic mass is 16.5. The second-order valence-electron chi connectivity index (χ2n) is 6.12. The molecular weight excluding hydrogens is 300 g/mol. The summed E-state index contributed by atoms with van der Waals surface area (Å²) in [5.74, 6) is -0.867. The molecule has 1 amide bonds. The predicted octanol–water partition coefficient (Wildman–Crippen LogP) is -0.310. The van der Waals surface area contributed by atoms with E-state index < -0.39 is 17.3 Å². The Balaban J connectivity index is 1.66. The molecule has 0 radical (unpaired) electrons. The van der Waals surface area contributed by atoms with Crippen LogP contribution in [0.2, 0.25) is 0 Å². The largest absolute Gasteiger partial charge is 0.491 e. The molecule has 2 aliphatic heterocycles. The third-order valence-electron chi connectivity index (χ3n) is 4.62. The van der Waals surface area contributed by atoms with E-state index in [0.717, 1.165) is 5.56 Å². The molecule has 2 fully saturated rings. The van der Waals surface area contributed by atoms with Gasteiger partial charge < -0.3 is 20.3 Å². The highest BCUT2D eigenvalue weighted by Gasteiger charge is 2.59. The molecule has 23 heavy (non-hydrogen) atoms. The minimum Gasteiger partial charge on any atom is -0.491 e. The number of benzene rings is 1. The van der Waals surface area contributed by atoms with Crippen molar-refractivity contribution in [1.29, 1.82) is 0 Å². The van der Waals surface area contributed by atoms with Gasteiger partial charge in [0.2, 0.25) is 5.91 Å². The smallest absolute Gasteiger partial charge is 0.313 e. The molecule has 3 N–H and O–H groups in total. The van der Waals surface area contributed by atoms with Crippen LogP contribution < -0.4 is 10.1 Å². The van der Waals surface area contributed by atoms with Crippen LogP contribution in [0.4, 0.5) is 0 Å².